The van der Waals surface area contributed by atoms with Crippen molar-refractivity contribution in [2.45, 2.75) is 55.4 Å². The molecule has 33 heavy (non-hydrogen) atoms. The van der Waals surface area contributed by atoms with Gasteiger partial charge >= 0.3 is 201 Å². The van der Waals surface area contributed by atoms with Crippen LogP contribution in [-0.4, -0.2) is 0 Å². The molecule has 0 aliphatic heterocycles. The van der Waals surface area contributed by atoms with Crippen LogP contribution in [0.5, 0.6) is 0 Å². The quantitative estimate of drug-likeness (QED) is 0.310. The molecule has 0 amide bonds. The molecule has 0 atom stereocenters. The monoisotopic (exact) mass is 452 g/mol. The van der Waals surface area contributed by atoms with Gasteiger partial charge in [-0.3, -0.25) is 0 Å². The van der Waals surface area contributed by atoms with Crippen molar-refractivity contribution in [1.82, 2.24) is 0 Å². The second kappa shape index (κ2) is 8.92. The van der Waals surface area contributed by atoms with Crippen molar-refractivity contribution in [3.63, 3.8) is 0 Å². The van der Waals surface area contributed by atoms with Crippen molar-refractivity contribution >= 4 is 28.5 Å². The molecule has 170 valence electrons. The fraction of sp³-hybridized carbons (Fsp3) is 0.250. The second-order valence-corrected chi connectivity index (χ2v) is 13.4. The van der Waals surface area contributed by atoms with Gasteiger partial charge in [0, 0.05) is 0 Å². The van der Waals surface area contributed by atoms with Gasteiger partial charge in [0.15, 0.2) is 0 Å². The van der Waals surface area contributed by atoms with Crippen molar-refractivity contribution in [2.75, 3.05) is 0 Å². The minimum atomic E-state index is -2.60. The molecule has 0 aliphatic carbocycles. The number of hydrogen-bond donors (Lipinski definition) is 0. The molecule has 0 saturated carbocycles. The van der Waals surface area contributed by atoms with Gasteiger partial charge in [0.05, 0.1) is 0 Å². The van der Waals surface area contributed by atoms with E-state index in [0.717, 1.165) is 0 Å². The summed E-state index contributed by atoms with van der Waals surface area (Å²) in [5, 5.41) is 6.05. The maximum absolute atomic E-state index is 2.60. The second-order valence-electron chi connectivity index (χ2n) is 9.74. The Bertz CT molecular complexity index is 1130. The summed E-state index contributed by atoms with van der Waals surface area (Å²) in [5.41, 5.74) is 11.2. The molecule has 0 aromatic heterocycles. The fourth-order valence-corrected chi connectivity index (χ4v) is 11.7. The molecule has 0 nitrogen and oxygen atoms in total. The standard InChI is InChI=1S/C32H37P/c1-21-13-9-17-29(25(21)5)33(30-18-10-14-22(2)26(30)6,31-19-11-15-23(3)27(31)7)32-20-12-16-24(4)28(32)8/h9-20,33H,1-8H3. The Morgan fingerprint density at radius 3 is 0.758 bits per heavy atom. The predicted octanol–water partition coefficient (Wildman–Crippen LogP) is 6.51. The average Bonchev–Trinajstić information content (AvgIpc) is 2.79. The molecule has 0 fully saturated rings. The molecule has 0 spiro atoms. The van der Waals surface area contributed by atoms with Crippen molar-refractivity contribution in [2.24, 2.45) is 0 Å². The third-order valence-electron chi connectivity index (χ3n) is 8.03. The molecule has 4 aromatic rings. The summed E-state index contributed by atoms with van der Waals surface area (Å²) in [6, 6.07) is 27.8. The van der Waals surface area contributed by atoms with Crippen molar-refractivity contribution < 1.29 is 0 Å². The van der Waals surface area contributed by atoms with Crippen molar-refractivity contribution in [3.05, 3.63) is 117 Å². The van der Waals surface area contributed by atoms with Gasteiger partial charge in [-0.1, -0.05) is 0 Å². The van der Waals surface area contributed by atoms with E-state index in [0.29, 0.717) is 0 Å². The van der Waals surface area contributed by atoms with Gasteiger partial charge in [0.1, 0.15) is 0 Å². The molecule has 4 rings (SSSR count). The van der Waals surface area contributed by atoms with Crippen LogP contribution in [0.2, 0.25) is 0 Å². The first kappa shape index (κ1) is 23.5. The zero-order chi connectivity index (χ0) is 23.9. The number of hydrogen-bond acceptors (Lipinski definition) is 0. The summed E-state index contributed by atoms with van der Waals surface area (Å²) in [4.78, 5) is 0. The summed E-state index contributed by atoms with van der Waals surface area (Å²) in [6.07, 6.45) is 0. The van der Waals surface area contributed by atoms with Crippen LogP contribution in [0, 0.1) is 55.4 Å². The van der Waals surface area contributed by atoms with E-state index in [2.05, 4.69) is 128 Å². The van der Waals surface area contributed by atoms with E-state index in [1.165, 1.54) is 65.7 Å². The Hall–Kier alpha value is -2.69. The van der Waals surface area contributed by atoms with Crippen molar-refractivity contribution in [1.29, 1.82) is 0 Å². The summed E-state index contributed by atoms with van der Waals surface area (Å²) in [7, 11) is -2.60. The van der Waals surface area contributed by atoms with Gasteiger partial charge in [-0.15, -0.1) is 0 Å². The van der Waals surface area contributed by atoms with E-state index in [9.17, 15) is 0 Å². The first-order valence-electron chi connectivity index (χ1n) is 12.0. The van der Waals surface area contributed by atoms with Crippen molar-refractivity contribution in [3.8, 4) is 0 Å². The van der Waals surface area contributed by atoms with Gasteiger partial charge in [-0.05, 0) is 0 Å². The molecule has 0 saturated heterocycles. The molecule has 1 heteroatoms. The minimum absolute atomic E-state index is 1.37. The Morgan fingerprint density at radius 1 is 0.333 bits per heavy atom. The van der Waals surface area contributed by atoms with Gasteiger partial charge in [-0.2, -0.15) is 0 Å². The van der Waals surface area contributed by atoms with Crippen LogP contribution in [0.25, 0.3) is 0 Å². The summed E-state index contributed by atoms with van der Waals surface area (Å²) < 4.78 is 0. The van der Waals surface area contributed by atoms with Crippen LogP contribution in [0.1, 0.15) is 44.5 Å². The maximum atomic E-state index is 2.42. The Kier molecular flexibility index (Phi) is 6.35. The van der Waals surface area contributed by atoms with Crippen LogP contribution >= 0.6 is 7.26 Å². The van der Waals surface area contributed by atoms with E-state index >= 15 is 0 Å². The first-order chi connectivity index (χ1) is 15.7. The van der Waals surface area contributed by atoms with Crippen LogP contribution in [0.3, 0.4) is 0 Å². The fourth-order valence-electron chi connectivity index (χ4n) is 5.50. The van der Waals surface area contributed by atoms with E-state index < -0.39 is 7.26 Å². The topological polar surface area (TPSA) is 0 Å². The number of rotatable bonds is 4. The van der Waals surface area contributed by atoms with Crippen LogP contribution < -0.4 is 21.2 Å². The van der Waals surface area contributed by atoms with E-state index in [1.807, 2.05) is 0 Å². The van der Waals surface area contributed by atoms with Crippen LogP contribution in [0.4, 0.5) is 0 Å². The average molecular weight is 453 g/mol. The number of benzene rings is 4. The summed E-state index contributed by atoms with van der Waals surface area (Å²) >= 11 is 0. The third-order valence-corrected chi connectivity index (χ3v) is 13.4. The number of aryl methyl sites for hydroxylation is 4. The molecule has 0 aliphatic rings. The third kappa shape index (κ3) is 3.66. The van der Waals surface area contributed by atoms with Crippen LogP contribution in [-0.2, 0) is 0 Å². The van der Waals surface area contributed by atoms with Crippen LogP contribution in [0.15, 0.2) is 72.8 Å². The molecular weight excluding hydrogens is 415 g/mol. The predicted molar refractivity (Wildman–Crippen MR) is 151 cm³/mol. The van der Waals surface area contributed by atoms with Gasteiger partial charge < -0.3 is 0 Å². The SMILES string of the molecule is Cc1cccc([PH](c2cccc(C)c2C)(c2cccc(C)c2C)c2cccc(C)c2C)c1C. The zero-order valence-electron chi connectivity index (χ0n) is 21.4. The summed E-state index contributed by atoms with van der Waals surface area (Å²) in [5.74, 6) is 0. The first-order valence-corrected chi connectivity index (χ1v) is 14.0. The van der Waals surface area contributed by atoms with E-state index in [-0.39, 0.29) is 0 Å². The Balaban J connectivity index is 2.36. The molecule has 0 bridgehead atoms. The van der Waals surface area contributed by atoms with Gasteiger partial charge in [0.25, 0.3) is 0 Å². The van der Waals surface area contributed by atoms with Gasteiger partial charge in [0.2, 0.25) is 0 Å². The molecule has 0 radical (unpaired) electrons. The Labute approximate surface area is 201 Å². The normalized spacial score (nSPS) is 12.1. The molecule has 4 aromatic carbocycles. The molecular formula is C32H37P. The molecule has 0 unspecified atom stereocenters. The zero-order valence-corrected chi connectivity index (χ0v) is 22.4. The van der Waals surface area contributed by atoms with E-state index in [4.69, 9.17) is 0 Å². The molecule has 0 heterocycles. The molecule has 0 N–H and O–H groups in total. The van der Waals surface area contributed by atoms with Gasteiger partial charge in [-0.25, -0.2) is 0 Å². The Morgan fingerprint density at radius 2 is 0.545 bits per heavy atom. The summed E-state index contributed by atoms with van der Waals surface area (Å²) in [6.45, 7) is 18.3. The van der Waals surface area contributed by atoms with E-state index in [1.54, 1.807) is 0 Å².